The lowest BCUT2D eigenvalue weighted by molar-refractivity contribution is 0.739. The fourth-order valence-corrected chi connectivity index (χ4v) is 3.66. The highest BCUT2D eigenvalue weighted by Gasteiger charge is 2.36. The number of allylic oxidation sites excluding steroid dienone is 1. The van der Waals surface area contributed by atoms with Crippen LogP contribution in [0, 0.1) is 6.92 Å². The van der Waals surface area contributed by atoms with Crippen LogP contribution in [0.15, 0.2) is 90.6 Å². The smallest absolute Gasteiger partial charge is 0.108 e. The quantitative estimate of drug-likeness (QED) is 0.570. The van der Waals surface area contributed by atoms with Gasteiger partial charge in [0.1, 0.15) is 6.17 Å². The van der Waals surface area contributed by atoms with Gasteiger partial charge >= 0.3 is 0 Å². The van der Waals surface area contributed by atoms with Crippen LogP contribution in [0.1, 0.15) is 29.0 Å². The molecule has 2 nitrogen and oxygen atoms in total. The molecule has 0 aliphatic carbocycles. The number of anilines is 2. The Kier molecular flexibility index (Phi) is 3.42. The van der Waals surface area contributed by atoms with Crippen LogP contribution in [0.4, 0.5) is 11.4 Å². The minimum absolute atomic E-state index is 0.832. The summed E-state index contributed by atoms with van der Waals surface area (Å²) in [5.74, 6) is 0. The van der Waals surface area contributed by atoms with Crippen molar-refractivity contribution in [2.24, 2.45) is 0 Å². The largest absolute Gasteiger partial charge is 0.322 e. The third kappa shape index (κ3) is 2.68. The lowest BCUT2D eigenvalue weighted by atomic mass is 10.1. The van der Waals surface area contributed by atoms with Gasteiger partial charge in [0.2, 0.25) is 0 Å². The first kappa shape index (κ1) is 13.2. The third-order valence-electron chi connectivity index (χ3n) is 4.89. The first-order valence-electron chi connectivity index (χ1n) is 10.3. The Morgan fingerprint density at radius 3 is 2.00 bits per heavy atom. The van der Waals surface area contributed by atoms with E-state index in [1.54, 1.807) is 0 Å². The van der Waals surface area contributed by atoms with Crippen molar-refractivity contribution < 1.29 is 4.11 Å². The molecule has 0 radical (unpaired) electrons. The summed E-state index contributed by atoms with van der Waals surface area (Å²) in [5, 5.41) is 0. The van der Waals surface area contributed by atoms with Crippen molar-refractivity contribution in [1.29, 1.82) is 0 Å². The summed E-state index contributed by atoms with van der Waals surface area (Å²) in [6, 6.07) is 27.7. The van der Waals surface area contributed by atoms with Crippen molar-refractivity contribution in [2.45, 2.75) is 26.9 Å². The summed E-state index contributed by atoms with van der Waals surface area (Å²) in [6.45, 7) is 1.80. The van der Waals surface area contributed by atoms with Crippen molar-refractivity contribution in [3.8, 4) is 0 Å². The highest BCUT2D eigenvalue weighted by atomic mass is 15.4. The molecule has 0 amide bonds. The molecule has 3 aromatic carbocycles. The third-order valence-corrected chi connectivity index (χ3v) is 4.89. The summed E-state index contributed by atoms with van der Waals surface area (Å²) in [6.07, 6.45) is -0.832. The van der Waals surface area contributed by atoms with Crippen molar-refractivity contribution >= 4 is 17.1 Å². The van der Waals surface area contributed by atoms with E-state index in [-0.39, 0.29) is 0 Å². The van der Waals surface area contributed by atoms with Crippen LogP contribution >= 0.6 is 0 Å². The Morgan fingerprint density at radius 1 is 0.731 bits per heavy atom. The van der Waals surface area contributed by atoms with Gasteiger partial charge < -0.3 is 9.80 Å². The van der Waals surface area contributed by atoms with Crippen LogP contribution in [0.3, 0.4) is 0 Å². The van der Waals surface area contributed by atoms with E-state index in [2.05, 4.69) is 0 Å². The Morgan fingerprint density at radius 2 is 1.35 bits per heavy atom. The number of rotatable bonds is 3. The van der Waals surface area contributed by atoms with Gasteiger partial charge in [-0.25, -0.2) is 0 Å². The summed E-state index contributed by atoms with van der Waals surface area (Å²) in [7, 11) is 0. The zero-order valence-electron chi connectivity index (χ0n) is 18.1. The predicted octanol–water partition coefficient (Wildman–Crippen LogP) is 6.06. The molecule has 3 aromatic rings. The van der Waals surface area contributed by atoms with Crippen LogP contribution in [-0.2, 0) is 0 Å². The second kappa shape index (κ2) is 6.72. The van der Waals surface area contributed by atoms with Gasteiger partial charge in [-0.3, -0.25) is 0 Å². The van der Waals surface area contributed by atoms with Gasteiger partial charge in [0, 0.05) is 21.2 Å². The summed E-state index contributed by atoms with van der Waals surface area (Å²) in [5.41, 5.74) is 5.67. The standard InChI is InChI=1S/C24H24N2/c1-18-12-10-11-17-23(18)25-19(2)24(21-13-6-4-7-14-21)26(20(25)3)22-15-8-5-9-16-22/h4-17,20H,1-3H3/i3D3. The molecule has 0 saturated heterocycles. The molecule has 130 valence electrons. The lowest BCUT2D eigenvalue weighted by Gasteiger charge is -2.33. The average Bonchev–Trinajstić information content (AvgIpc) is 3.03. The molecule has 1 unspecified atom stereocenters. The summed E-state index contributed by atoms with van der Waals surface area (Å²) < 4.78 is 25.3. The van der Waals surface area contributed by atoms with Gasteiger partial charge in [0.15, 0.2) is 0 Å². The van der Waals surface area contributed by atoms with E-state index in [0.29, 0.717) is 0 Å². The minimum Gasteiger partial charge on any atom is -0.322 e. The Bertz CT molecular complexity index is 1030. The first-order valence-corrected chi connectivity index (χ1v) is 8.85. The zero-order valence-corrected chi connectivity index (χ0v) is 15.1. The van der Waals surface area contributed by atoms with Gasteiger partial charge in [-0.1, -0.05) is 66.7 Å². The van der Waals surface area contributed by atoms with Crippen molar-refractivity contribution in [3.05, 3.63) is 102 Å². The zero-order chi connectivity index (χ0) is 20.6. The van der Waals surface area contributed by atoms with Gasteiger partial charge in [-0.2, -0.15) is 0 Å². The van der Waals surface area contributed by atoms with Crippen molar-refractivity contribution in [1.82, 2.24) is 0 Å². The SMILES string of the molecule is [2H]C([2H])([2H])C1N(c2ccccc2)C(c2ccccc2)=C(C)N1c1ccccc1C. The number of para-hydroxylation sites is 2. The topological polar surface area (TPSA) is 6.48 Å². The molecule has 0 aromatic heterocycles. The second-order valence-electron chi connectivity index (χ2n) is 6.54. The first-order chi connectivity index (χ1) is 13.9. The maximum atomic E-state index is 8.42. The number of nitrogens with zero attached hydrogens (tertiary/aromatic N) is 2. The summed E-state index contributed by atoms with van der Waals surface area (Å²) >= 11 is 0. The molecule has 0 spiro atoms. The second-order valence-corrected chi connectivity index (χ2v) is 6.54. The highest BCUT2D eigenvalue weighted by molar-refractivity contribution is 5.88. The molecule has 26 heavy (non-hydrogen) atoms. The Hall–Kier alpha value is -3.00. The molecule has 1 heterocycles. The van der Waals surface area contributed by atoms with Crippen LogP contribution in [0.25, 0.3) is 5.70 Å². The normalized spacial score (nSPS) is 19.3. The van der Waals surface area contributed by atoms with Crippen molar-refractivity contribution in [3.63, 3.8) is 0 Å². The summed E-state index contributed by atoms with van der Waals surface area (Å²) in [4.78, 5) is 3.93. The van der Waals surface area contributed by atoms with Crippen LogP contribution in [-0.4, -0.2) is 6.17 Å². The average molecular weight is 343 g/mol. The van der Waals surface area contributed by atoms with Gasteiger partial charge in [-0.15, -0.1) is 0 Å². The van der Waals surface area contributed by atoms with Gasteiger partial charge in [0.25, 0.3) is 0 Å². The molecular weight excluding hydrogens is 316 g/mol. The van der Waals surface area contributed by atoms with Crippen LogP contribution < -0.4 is 9.80 Å². The van der Waals surface area contributed by atoms with E-state index >= 15 is 0 Å². The highest BCUT2D eigenvalue weighted by Crippen LogP contribution is 2.42. The Balaban J connectivity index is 2.00. The fourth-order valence-electron chi connectivity index (χ4n) is 3.66. The van der Waals surface area contributed by atoms with Gasteiger partial charge in [0.05, 0.1) is 5.70 Å². The number of aryl methyl sites for hydroxylation is 1. The molecule has 4 rings (SSSR count). The van der Waals surface area contributed by atoms with E-state index < -0.39 is 13.0 Å². The molecule has 0 N–H and O–H groups in total. The molecule has 0 fully saturated rings. The molecule has 1 aliphatic rings. The van der Waals surface area contributed by atoms with E-state index in [0.717, 1.165) is 33.9 Å². The monoisotopic (exact) mass is 343 g/mol. The van der Waals surface area contributed by atoms with Crippen molar-refractivity contribution in [2.75, 3.05) is 9.80 Å². The molecule has 1 atom stereocenters. The van der Waals surface area contributed by atoms with Crippen LogP contribution in [0.2, 0.25) is 0 Å². The molecule has 1 aliphatic heterocycles. The molecule has 0 bridgehead atoms. The Labute approximate surface area is 160 Å². The van der Waals surface area contributed by atoms with Gasteiger partial charge in [-0.05, 0) is 50.0 Å². The van der Waals surface area contributed by atoms with Crippen LogP contribution in [0.5, 0.6) is 0 Å². The maximum Gasteiger partial charge on any atom is 0.108 e. The predicted molar refractivity (Wildman–Crippen MR) is 111 cm³/mol. The fraction of sp³-hybridized carbons (Fsp3) is 0.167. The molecular formula is C24H24N2. The molecule has 2 heteroatoms. The number of hydrogen-bond acceptors (Lipinski definition) is 2. The number of benzene rings is 3. The number of hydrogen-bond donors (Lipinski definition) is 0. The molecule has 0 saturated carbocycles. The van der Waals surface area contributed by atoms with E-state index in [4.69, 9.17) is 4.11 Å². The van der Waals surface area contributed by atoms with E-state index in [1.165, 1.54) is 0 Å². The van der Waals surface area contributed by atoms with E-state index in [9.17, 15) is 0 Å². The van der Waals surface area contributed by atoms with E-state index in [1.807, 2.05) is 109 Å². The minimum atomic E-state index is -2.23. The maximum absolute atomic E-state index is 8.42. The lowest BCUT2D eigenvalue weighted by Crippen LogP contribution is -2.38.